The van der Waals surface area contributed by atoms with Crippen LogP contribution in [-0.4, -0.2) is 42.1 Å². The van der Waals surface area contributed by atoms with Gasteiger partial charge in [-0.25, -0.2) is 4.79 Å². The van der Waals surface area contributed by atoms with Crippen LogP contribution in [0.25, 0.3) is 0 Å². The summed E-state index contributed by atoms with van der Waals surface area (Å²) in [6.07, 6.45) is 0.421. The average molecular weight is 326 g/mol. The Morgan fingerprint density at radius 1 is 1.35 bits per heavy atom. The van der Waals surface area contributed by atoms with E-state index in [0.717, 1.165) is 12.1 Å². The summed E-state index contributed by atoms with van der Waals surface area (Å²) in [4.78, 5) is 29.8. The summed E-state index contributed by atoms with van der Waals surface area (Å²) in [5.74, 6) is -0.731. The molecule has 1 aliphatic heterocycles. The summed E-state index contributed by atoms with van der Waals surface area (Å²) < 4.78 is 10.4. The van der Waals surface area contributed by atoms with E-state index in [1.807, 2.05) is 6.92 Å². The molecule has 1 N–H and O–H groups in total. The molecule has 0 radical (unpaired) electrons. The first kappa shape index (κ1) is 17.6. The maximum Gasteiger partial charge on any atom is 0.408 e. The Labute approximate surface area is 136 Å². The summed E-state index contributed by atoms with van der Waals surface area (Å²) in [6.45, 7) is 9.43. The Morgan fingerprint density at radius 3 is 2.61 bits per heavy atom. The molecule has 0 aromatic heterocycles. The van der Waals surface area contributed by atoms with Crippen molar-refractivity contribution >= 4 is 17.8 Å². The third kappa shape index (κ3) is 3.95. The molecule has 1 heterocycles. The fourth-order valence-electron chi connectivity index (χ4n) is 3.14. The third-order valence-corrected chi connectivity index (χ3v) is 4.05. The fourth-order valence-corrected chi connectivity index (χ4v) is 3.14. The van der Waals surface area contributed by atoms with Crippen molar-refractivity contribution in [2.24, 2.45) is 17.0 Å². The lowest BCUT2D eigenvalue weighted by Crippen LogP contribution is -2.48. The zero-order valence-corrected chi connectivity index (χ0v) is 14.4. The molecule has 1 aliphatic carbocycles. The molecule has 0 bridgehead atoms. The van der Waals surface area contributed by atoms with Gasteiger partial charge in [-0.15, -0.1) is 0 Å². The molecule has 0 unspecified atom stereocenters. The molecule has 0 aromatic rings. The highest BCUT2D eigenvalue weighted by Crippen LogP contribution is 2.40. The lowest BCUT2D eigenvalue weighted by Gasteiger charge is -2.25. The molecule has 1 amide bonds. The number of ether oxygens (including phenoxy) is 2. The van der Waals surface area contributed by atoms with Crippen LogP contribution in [0.3, 0.4) is 0 Å². The number of amides is 1. The van der Waals surface area contributed by atoms with Gasteiger partial charge in [0.25, 0.3) is 0 Å². The molecule has 1 fully saturated rings. The number of rotatable bonds is 4. The first-order valence-electron chi connectivity index (χ1n) is 8.15. The maximum absolute atomic E-state index is 12.2. The number of esters is 1. The quantitative estimate of drug-likeness (QED) is 0.801. The van der Waals surface area contributed by atoms with Gasteiger partial charge in [0.15, 0.2) is 6.10 Å². The molecular weight excluding hydrogens is 300 g/mol. The number of fused-ring (bicyclic) bond motifs is 1. The lowest BCUT2D eigenvalue weighted by atomic mass is 9.97. The van der Waals surface area contributed by atoms with Crippen molar-refractivity contribution in [1.82, 2.24) is 5.32 Å². The molecule has 7 nitrogen and oxygen atoms in total. The Kier molecular flexibility index (Phi) is 5.16. The number of carbonyl (C=O) groups is 2. The molecule has 2 aliphatic rings. The number of nitrogens with zero attached hydrogens (tertiary/aromatic N) is 1. The van der Waals surface area contributed by atoms with E-state index in [0.29, 0.717) is 13.0 Å². The van der Waals surface area contributed by atoms with Crippen LogP contribution in [0.5, 0.6) is 0 Å². The van der Waals surface area contributed by atoms with E-state index in [4.69, 9.17) is 14.3 Å². The van der Waals surface area contributed by atoms with Crippen molar-refractivity contribution in [2.75, 3.05) is 6.61 Å². The van der Waals surface area contributed by atoms with E-state index in [2.05, 4.69) is 10.5 Å². The van der Waals surface area contributed by atoms with Crippen molar-refractivity contribution in [1.29, 1.82) is 0 Å². The van der Waals surface area contributed by atoms with Crippen LogP contribution in [0.15, 0.2) is 5.16 Å². The SMILES string of the molecule is CCOC(=O)[C@@H]1C[C@@H]2C(CC)=NO[C@@H]2[C@@H]1NC(=O)OC(C)(C)C. The van der Waals surface area contributed by atoms with Crippen LogP contribution in [0.1, 0.15) is 47.5 Å². The van der Waals surface area contributed by atoms with Crippen LogP contribution in [0.4, 0.5) is 4.79 Å². The van der Waals surface area contributed by atoms with E-state index in [1.54, 1.807) is 27.7 Å². The van der Waals surface area contributed by atoms with Gasteiger partial charge in [-0.05, 0) is 40.5 Å². The van der Waals surface area contributed by atoms with Gasteiger partial charge in [0, 0.05) is 5.92 Å². The second kappa shape index (κ2) is 6.76. The van der Waals surface area contributed by atoms with Gasteiger partial charge in [-0.2, -0.15) is 0 Å². The molecular formula is C16H26N2O5. The van der Waals surface area contributed by atoms with Crippen molar-refractivity contribution in [3.05, 3.63) is 0 Å². The fraction of sp³-hybridized carbons (Fsp3) is 0.812. The van der Waals surface area contributed by atoms with E-state index in [-0.39, 0.29) is 18.0 Å². The number of oxime groups is 1. The largest absolute Gasteiger partial charge is 0.466 e. The summed E-state index contributed by atoms with van der Waals surface area (Å²) in [5, 5.41) is 6.86. The molecule has 23 heavy (non-hydrogen) atoms. The van der Waals surface area contributed by atoms with Crippen LogP contribution in [-0.2, 0) is 19.1 Å². The highest BCUT2D eigenvalue weighted by atomic mass is 16.6. The molecule has 2 rings (SSSR count). The van der Waals surface area contributed by atoms with Gasteiger partial charge < -0.3 is 19.6 Å². The Hall–Kier alpha value is -1.79. The highest BCUT2D eigenvalue weighted by molar-refractivity contribution is 5.90. The average Bonchev–Trinajstić information content (AvgIpc) is 2.97. The number of hydrogen-bond donors (Lipinski definition) is 1. The predicted molar refractivity (Wildman–Crippen MR) is 84.0 cm³/mol. The van der Waals surface area contributed by atoms with Crippen molar-refractivity contribution < 1.29 is 23.9 Å². The van der Waals surface area contributed by atoms with E-state index < -0.39 is 23.7 Å². The van der Waals surface area contributed by atoms with Crippen LogP contribution >= 0.6 is 0 Å². The highest BCUT2D eigenvalue weighted by Gasteiger charge is 2.53. The van der Waals surface area contributed by atoms with E-state index in [1.165, 1.54) is 0 Å². The minimum Gasteiger partial charge on any atom is -0.466 e. The molecule has 0 spiro atoms. The zero-order chi connectivity index (χ0) is 17.2. The van der Waals surface area contributed by atoms with Gasteiger partial charge in [0.05, 0.1) is 24.3 Å². The molecule has 1 saturated carbocycles. The van der Waals surface area contributed by atoms with Crippen molar-refractivity contribution in [3.63, 3.8) is 0 Å². The van der Waals surface area contributed by atoms with Crippen LogP contribution in [0.2, 0.25) is 0 Å². The standard InChI is InChI=1S/C16H26N2O5/c1-6-11-9-8-10(14(19)21-7-2)12(13(9)23-18-11)17-15(20)22-16(3,4)5/h9-10,12-13H,6-8H2,1-5H3,(H,17,20)/t9-,10-,12-,13+/m1/s1. The van der Waals surface area contributed by atoms with Crippen LogP contribution < -0.4 is 5.32 Å². The summed E-state index contributed by atoms with van der Waals surface area (Å²) >= 11 is 0. The topological polar surface area (TPSA) is 86.2 Å². The normalized spacial score (nSPS) is 29.3. The van der Waals surface area contributed by atoms with Gasteiger partial charge in [0.2, 0.25) is 0 Å². The second-order valence-electron chi connectivity index (χ2n) is 6.88. The molecule has 7 heteroatoms. The van der Waals surface area contributed by atoms with Gasteiger partial charge in [-0.1, -0.05) is 12.1 Å². The Bertz CT molecular complexity index is 497. The van der Waals surface area contributed by atoms with Crippen LogP contribution in [0, 0.1) is 11.8 Å². The van der Waals surface area contributed by atoms with Crippen molar-refractivity contribution in [3.8, 4) is 0 Å². The smallest absolute Gasteiger partial charge is 0.408 e. The molecule has 0 aromatic carbocycles. The third-order valence-electron chi connectivity index (χ3n) is 4.05. The Balaban J connectivity index is 2.12. The monoisotopic (exact) mass is 326 g/mol. The number of alkyl carbamates (subject to hydrolysis) is 1. The molecule has 130 valence electrons. The second-order valence-corrected chi connectivity index (χ2v) is 6.88. The summed E-state index contributed by atoms with van der Waals surface area (Å²) in [5.41, 5.74) is 0.320. The summed E-state index contributed by atoms with van der Waals surface area (Å²) in [7, 11) is 0. The summed E-state index contributed by atoms with van der Waals surface area (Å²) in [6, 6.07) is -0.498. The minimum absolute atomic E-state index is 0.0364. The first-order chi connectivity index (χ1) is 10.8. The predicted octanol–water partition coefficient (Wildman–Crippen LogP) is 2.24. The first-order valence-corrected chi connectivity index (χ1v) is 8.15. The maximum atomic E-state index is 12.2. The van der Waals surface area contributed by atoms with Gasteiger partial charge in [0.1, 0.15) is 5.60 Å². The van der Waals surface area contributed by atoms with E-state index in [9.17, 15) is 9.59 Å². The molecule has 4 atom stereocenters. The molecule has 0 saturated heterocycles. The minimum atomic E-state index is -0.608. The Morgan fingerprint density at radius 2 is 2.04 bits per heavy atom. The number of nitrogens with one attached hydrogen (secondary N) is 1. The zero-order valence-electron chi connectivity index (χ0n) is 14.4. The van der Waals surface area contributed by atoms with Gasteiger partial charge in [-0.3, -0.25) is 4.79 Å². The number of carbonyl (C=O) groups excluding carboxylic acids is 2. The van der Waals surface area contributed by atoms with Crippen molar-refractivity contribution in [2.45, 2.75) is 65.2 Å². The van der Waals surface area contributed by atoms with Gasteiger partial charge >= 0.3 is 12.1 Å². The number of hydrogen-bond acceptors (Lipinski definition) is 6. The van der Waals surface area contributed by atoms with E-state index >= 15 is 0 Å². The lowest BCUT2D eigenvalue weighted by molar-refractivity contribution is -0.149.